The van der Waals surface area contributed by atoms with E-state index in [0.717, 1.165) is 5.92 Å². The van der Waals surface area contributed by atoms with Crippen LogP contribution in [0.2, 0.25) is 0 Å². The fourth-order valence-electron chi connectivity index (χ4n) is 2.37. The van der Waals surface area contributed by atoms with Crippen molar-refractivity contribution in [3.63, 3.8) is 0 Å². The summed E-state index contributed by atoms with van der Waals surface area (Å²) in [6.07, 6.45) is 6.62. The Hall–Kier alpha value is -0.0400. The zero-order chi connectivity index (χ0) is 11.7. The first-order chi connectivity index (χ1) is 7.02. The van der Waals surface area contributed by atoms with E-state index in [0.29, 0.717) is 5.41 Å². The normalized spacial score (nSPS) is 14.2. The Morgan fingerprint density at radius 1 is 1.07 bits per heavy atom. The van der Waals surface area contributed by atoms with Crippen molar-refractivity contribution in [3.05, 3.63) is 0 Å². The number of hydrogen-bond acceptors (Lipinski definition) is 1. The van der Waals surface area contributed by atoms with Gasteiger partial charge in [0.1, 0.15) is 0 Å². The minimum absolute atomic E-state index is 0.509. The average molecular weight is 213 g/mol. The molecule has 15 heavy (non-hydrogen) atoms. The first-order valence-electron chi connectivity index (χ1n) is 6.72. The van der Waals surface area contributed by atoms with Crippen LogP contribution in [-0.4, -0.2) is 13.1 Å². The van der Waals surface area contributed by atoms with Crippen LogP contribution in [0.25, 0.3) is 0 Å². The summed E-state index contributed by atoms with van der Waals surface area (Å²) in [5, 5.41) is 3.50. The standard InChI is InChI=1S/C14H31N/c1-6-8-13(3)12-14(4,5)9-11-15-10-7-2/h13,15H,6-12H2,1-5H3. The molecule has 0 bridgehead atoms. The van der Waals surface area contributed by atoms with Gasteiger partial charge < -0.3 is 5.32 Å². The predicted molar refractivity (Wildman–Crippen MR) is 70.2 cm³/mol. The Bertz CT molecular complexity index is 140. The van der Waals surface area contributed by atoms with Gasteiger partial charge in [-0.05, 0) is 43.7 Å². The van der Waals surface area contributed by atoms with E-state index in [-0.39, 0.29) is 0 Å². The highest BCUT2D eigenvalue weighted by Crippen LogP contribution is 2.30. The molecule has 0 amide bonds. The third kappa shape index (κ3) is 8.92. The summed E-state index contributed by atoms with van der Waals surface area (Å²) >= 11 is 0. The molecular weight excluding hydrogens is 182 g/mol. The van der Waals surface area contributed by atoms with E-state index in [9.17, 15) is 0 Å². The Labute approximate surface area is 97.0 Å². The molecule has 0 aromatic carbocycles. The Kier molecular flexibility index (Phi) is 8.13. The maximum Gasteiger partial charge on any atom is -0.00438 e. The first-order valence-corrected chi connectivity index (χ1v) is 6.72. The van der Waals surface area contributed by atoms with Gasteiger partial charge >= 0.3 is 0 Å². The lowest BCUT2D eigenvalue weighted by atomic mass is 9.79. The van der Waals surface area contributed by atoms with Crippen molar-refractivity contribution in [1.29, 1.82) is 0 Å². The molecule has 0 aliphatic heterocycles. The van der Waals surface area contributed by atoms with Crippen LogP contribution in [0.15, 0.2) is 0 Å². The smallest absolute Gasteiger partial charge is 0.00438 e. The van der Waals surface area contributed by atoms with Crippen LogP contribution in [0.3, 0.4) is 0 Å². The maximum atomic E-state index is 3.50. The minimum atomic E-state index is 0.509. The van der Waals surface area contributed by atoms with Crippen molar-refractivity contribution in [1.82, 2.24) is 5.32 Å². The van der Waals surface area contributed by atoms with E-state index in [2.05, 4.69) is 39.9 Å². The summed E-state index contributed by atoms with van der Waals surface area (Å²) < 4.78 is 0. The van der Waals surface area contributed by atoms with Crippen molar-refractivity contribution < 1.29 is 0 Å². The van der Waals surface area contributed by atoms with Crippen molar-refractivity contribution >= 4 is 0 Å². The van der Waals surface area contributed by atoms with Gasteiger partial charge in [-0.15, -0.1) is 0 Å². The van der Waals surface area contributed by atoms with Crippen LogP contribution in [0.5, 0.6) is 0 Å². The van der Waals surface area contributed by atoms with Crippen LogP contribution in [0.4, 0.5) is 0 Å². The molecule has 0 saturated carbocycles. The predicted octanol–water partition coefficient (Wildman–Crippen LogP) is 4.23. The molecule has 0 spiro atoms. The van der Waals surface area contributed by atoms with Gasteiger partial charge in [0, 0.05) is 0 Å². The second-order valence-electron chi connectivity index (χ2n) is 5.76. The fourth-order valence-corrected chi connectivity index (χ4v) is 2.37. The quantitative estimate of drug-likeness (QED) is 0.565. The summed E-state index contributed by atoms with van der Waals surface area (Å²) in [5.41, 5.74) is 0.509. The highest BCUT2D eigenvalue weighted by molar-refractivity contribution is 4.72. The molecule has 1 N–H and O–H groups in total. The molecule has 0 aromatic heterocycles. The van der Waals surface area contributed by atoms with E-state index in [1.54, 1.807) is 0 Å². The van der Waals surface area contributed by atoms with E-state index >= 15 is 0 Å². The van der Waals surface area contributed by atoms with Crippen LogP contribution < -0.4 is 5.32 Å². The first kappa shape index (κ1) is 15.0. The highest BCUT2D eigenvalue weighted by Gasteiger charge is 2.19. The second-order valence-corrected chi connectivity index (χ2v) is 5.76. The average Bonchev–Trinajstić information content (AvgIpc) is 2.12. The topological polar surface area (TPSA) is 12.0 Å². The largest absolute Gasteiger partial charge is 0.317 e. The Morgan fingerprint density at radius 2 is 1.73 bits per heavy atom. The van der Waals surface area contributed by atoms with Crippen LogP contribution in [0.1, 0.15) is 66.7 Å². The van der Waals surface area contributed by atoms with Crippen LogP contribution in [0, 0.1) is 11.3 Å². The summed E-state index contributed by atoms with van der Waals surface area (Å²) in [6, 6.07) is 0. The Morgan fingerprint density at radius 3 is 2.27 bits per heavy atom. The van der Waals surface area contributed by atoms with Gasteiger partial charge in [0.05, 0.1) is 0 Å². The number of rotatable bonds is 9. The zero-order valence-corrected chi connectivity index (χ0v) is 11.5. The maximum absolute atomic E-state index is 3.50. The van der Waals surface area contributed by atoms with Crippen molar-refractivity contribution in [2.75, 3.05) is 13.1 Å². The third-order valence-corrected chi connectivity index (χ3v) is 3.09. The molecule has 1 atom stereocenters. The summed E-state index contributed by atoms with van der Waals surface area (Å²) in [5.74, 6) is 0.885. The summed E-state index contributed by atoms with van der Waals surface area (Å²) in [7, 11) is 0. The lowest BCUT2D eigenvalue weighted by molar-refractivity contribution is 0.246. The van der Waals surface area contributed by atoms with Crippen molar-refractivity contribution in [3.8, 4) is 0 Å². The number of hydrogen-bond donors (Lipinski definition) is 1. The van der Waals surface area contributed by atoms with Crippen LogP contribution >= 0.6 is 0 Å². The Balaban J connectivity index is 3.65. The van der Waals surface area contributed by atoms with E-state index in [1.807, 2.05) is 0 Å². The lowest BCUT2D eigenvalue weighted by Gasteiger charge is -2.28. The highest BCUT2D eigenvalue weighted by atomic mass is 14.8. The molecule has 1 nitrogen and oxygen atoms in total. The molecule has 0 heterocycles. The molecule has 0 aromatic rings. The van der Waals surface area contributed by atoms with Gasteiger partial charge in [-0.25, -0.2) is 0 Å². The SMILES string of the molecule is CCCNCCC(C)(C)CC(C)CCC. The van der Waals surface area contributed by atoms with Gasteiger partial charge in [0.2, 0.25) is 0 Å². The second kappa shape index (κ2) is 8.15. The zero-order valence-electron chi connectivity index (χ0n) is 11.5. The molecule has 1 unspecified atom stereocenters. The molecule has 1 heteroatoms. The molecule has 0 saturated heterocycles. The minimum Gasteiger partial charge on any atom is -0.317 e. The summed E-state index contributed by atoms with van der Waals surface area (Å²) in [4.78, 5) is 0. The summed E-state index contributed by atoms with van der Waals surface area (Å²) in [6.45, 7) is 14.1. The number of nitrogens with one attached hydrogen (secondary N) is 1. The van der Waals surface area contributed by atoms with Gasteiger partial charge in [-0.2, -0.15) is 0 Å². The molecule has 0 fully saturated rings. The van der Waals surface area contributed by atoms with E-state index in [1.165, 1.54) is 45.2 Å². The molecule has 0 aliphatic carbocycles. The van der Waals surface area contributed by atoms with Crippen LogP contribution in [-0.2, 0) is 0 Å². The van der Waals surface area contributed by atoms with Gasteiger partial charge in [-0.3, -0.25) is 0 Å². The molecule has 0 aliphatic rings. The van der Waals surface area contributed by atoms with Gasteiger partial charge in [-0.1, -0.05) is 47.5 Å². The molecular formula is C14H31N. The molecule has 92 valence electrons. The third-order valence-electron chi connectivity index (χ3n) is 3.09. The lowest BCUT2D eigenvalue weighted by Crippen LogP contribution is -2.24. The molecule has 0 rings (SSSR count). The van der Waals surface area contributed by atoms with Gasteiger partial charge in [0.25, 0.3) is 0 Å². The van der Waals surface area contributed by atoms with Crippen molar-refractivity contribution in [2.24, 2.45) is 11.3 Å². The van der Waals surface area contributed by atoms with Gasteiger partial charge in [0.15, 0.2) is 0 Å². The van der Waals surface area contributed by atoms with Crippen molar-refractivity contribution in [2.45, 2.75) is 66.7 Å². The fraction of sp³-hybridized carbons (Fsp3) is 1.00. The van der Waals surface area contributed by atoms with E-state index < -0.39 is 0 Å². The van der Waals surface area contributed by atoms with E-state index in [4.69, 9.17) is 0 Å². The molecule has 0 radical (unpaired) electrons. The monoisotopic (exact) mass is 213 g/mol.